The Bertz CT molecular complexity index is 810. The van der Waals surface area contributed by atoms with Gasteiger partial charge in [0.25, 0.3) is 0 Å². The number of amides is 1. The number of nitrogens with one attached hydrogen (secondary N) is 1. The van der Waals surface area contributed by atoms with Crippen molar-refractivity contribution in [3.05, 3.63) is 47.3 Å². The first kappa shape index (κ1) is 16.7. The van der Waals surface area contributed by atoms with Crippen LogP contribution in [-0.2, 0) is 18.3 Å². The number of hydrogen-bond acceptors (Lipinski definition) is 5. The number of hydrogen-bond donors (Lipinski definition) is 1. The molecule has 2 heterocycles. The third-order valence-electron chi connectivity index (χ3n) is 3.55. The molecule has 0 unspecified atom stereocenters. The monoisotopic (exact) mass is 358 g/mol. The summed E-state index contributed by atoms with van der Waals surface area (Å²) in [5, 5.41) is 14.0. The van der Waals surface area contributed by atoms with Gasteiger partial charge in [0.1, 0.15) is 0 Å². The first-order valence-electron chi connectivity index (χ1n) is 7.62. The molecule has 0 radical (unpaired) electrons. The van der Waals surface area contributed by atoms with Gasteiger partial charge in [-0.1, -0.05) is 36.9 Å². The van der Waals surface area contributed by atoms with E-state index in [-0.39, 0.29) is 5.91 Å². The van der Waals surface area contributed by atoms with Gasteiger partial charge >= 0.3 is 0 Å². The highest BCUT2D eigenvalue weighted by Gasteiger charge is 2.13. The Balaban J connectivity index is 1.58. The van der Waals surface area contributed by atoms with Crippen LogP contribution in [0.15, 0.2) is 46.9 Å². The summed E-state index contributed by atoms with van der Waals surface area (Å²) in [6, 6.07) is 11.9. The van der Waals surface area contributed by atoms with E-state index in [9.17, 15) is 4.79 Å². The molecule has 124 valence electrons. The maximum atomic E-state index is 12.1. The van der Waals surface area contributed by atoms with Gasteiger partial charge in [0, 0.05) is 12.7 Å². The summed E-state index contributed by atoms with van der Waals surface area (Å²) in [6.07, 6.45) is 0.989. The van der Waals surface area contributed by atoms with Crippen molar-refractivity contribution in [3.8, 4) is 10.7 Å². The fourth-order valence-electron chi connectivity index (χ4n) is 2.21. The molecule has 1 N–H and O–H groups in total. The van der Waals surface area contributed by atoms with E-state index in [2.05, 4.69) is 22.4 Å². The van der Waals surface area contributed by atoms with E-state index in [0.29, 0.717) is 5.75 Å². The van der Waals surface area contributed by atoms with Gasteiger partial charge < -0.3 is 9.88 Å². The lowest BCUT2D eigenvalue weighted by atomic mass is 10.1. The van der Waals surface area contributed by atoms with Crippen molar-refractivity contribution in [3.63, 3.8) is 0 Å². The van der Waals surface area contributed by atoms with Crippen LogP contribution in [0.4, 0.5) is 5.69 Å². The van der Waals surface area contributed by atoms with Crippen LogP contribution in [0.3, 0.4) is 0 Å². The number of thioether (sulfide) groups is 1. The van der Waals surface area contributed by atoms with E-state index in [1.165, 1.54) is 17.3 Å². The van der Waals surface area contributed by atoms with Gasteiger partial charge in [0.05, 0.1) is 10.6 Å². The summed E-state index contributed by atoms with van der Waals surface area (Å²) in [7, 11) is 1.92. The summed E-state index contributed by atoms with van der Waals surface area (Å²) in [5.74, 6) is 1.07. The van der Waals surface area contributed by atoms with Crippen LogP contribution in [0.2, 0.25) is 0 Å². The van der Waals surface area contributed by atoms with Gasteiger partial charge in [0.2, 0.25) is 5.91 Å². The average Bonchev–Trinajstić information content (AvgIpc) is 3.23. The summed E-state index contributed by atoms with van der Waals surface area (Å²) >= 11 is 3.00. The Hall–Kier alpha value is -2.12. The lowest BCUT2D eigenvalue weighted by Crippen LogP contribution is -2.14. The van der Waals surface area contributed by atoms with Gasteiger partial charge in [-0.25, -0.2) is 0 Å². The second kappa shape index (κ2) is 7.63. The molecule has 0 saturated carbocycles. The fourth-order valence-corrected chi connectivity index (χ4v) is 3.67. The Kier molecular flexibility index (Phi) is 5.32. The zero-order chi connectivity index (χ0) is 16.9. The zero-order valence-electron chi connectivity index (χ0n) is 13.5. The minimum absolute atomic E-state index is 0.0510. The van der Waals surface area contributed by atoms with E-state index in [4.69, 9.17) is 0 Å². The summed E-state index contributed by atoms with van der Waals surface area (Å²) < 4.78 is 1.92. The van der Waals surface area contributed by atoms with E-state index in [0.717, 1.165) is 28.0 Å². The molecule has 5 nitrogen and oxygen atoms in total. The molecule has 0 bridgehead atoms. The largest absolute Gasteiger partial charge is 0.325 e. The maximum absolute atomic E-state index is 12.1. The predicted molar refractivity (Wildman–Crippen MR) is 99.5 cm³/mol. The van der Waals surface area contributed by atoms with Gasteiger partial charge in [-0.05, 0) is 35.6 Å². The number of anilines is 1. The highest BCUT2D eigenvalue weighted by atomic mass is 32.2. The van der Waals surface area contributed by atoms with E-state index in [1.807, 2.05) is 53.4 Å². The number of carbonyl (C=O) groups is 1. The quantitative estimate of drug-likeness (QED) is 0.680. The van der Waals surface area contributed by atoms with Crippen molar-refractivity contribution in [2.24, 2.45) is 7.05 Å². The fraction of sp³-hybridized carbons (Fsp3) is 0.235. The summed E-state index contributed by atoms with van der Waals surface area (Å²) in [4.78, 5) is 13.2. The number of aromatic nitrogens is 3. The van der Waals surface area contributed by atoms with Crippen LogP contribution in [0.5, 0.6) is 0 Å². The smallest absolute Gasteiger partial charge is 0.234 e. The molecule has 0 aliphatic rings. The van der Waals surface area contributed by atoms with E-state index in [1.54, 1.807) is 11.3 Å². The van der Waals surface area contributed by atoms with Crippen molar-refractivity contribution in [1.29, 1.82) is 0 Å². The van der Waals surface area contributed by atoms with Crippen LogP contribution < -0.4 is 5.32 Å². The Morgan fingerprint density at radius 2 is 2.04 bits per heavy atom. The number of carbonyl (C=O) groups excluding carboxylic acids is 1. The molecule has 0 atom stereocenters. The van der Waals surface area contributed by atoms with Crippen molar-refractivity contribution < 1.29 is 4.79 Å². The van der Waals surface area contributed by atoms with Crippen molar-refractivity contribution >= 4 is 34.7 Å². The van der Waals surface area contributed by atoms with Crippen molar-refractivity contribution in [1.82, 2.24) is 14.8 Å². The summed E-state index contributed by atoms with van der Waals surface area (Å²) in [6.45, 7) is 2.11. The number of aryl methyl sites for hydroxylation is 1. The molecular weight excluding hydrogens is 340 g/mol. The van der Waals surface area contributed by atoms with Gasteiger partial charge in [-0.3, -0.25) is 4.79 Å². The molecule has 0 spiro atoms. The third kappa shape index (κ3) is 3.85. The Morgan fingerprint density at radius 3 is 2.71 bits per heavy atom. The predicted octanol–water partition coefficient (Wildman–Crippen LogP) is 3.84. The van der Waals surface area contributed by atoms with Crippen molar-refractivity contribution in [2.75, 3.05) is 11.1 Å². The molecule has 3 aromatic rings. The molecular formula is C17H18N4OS2. The van der Waals surface area contributed by atoms with Gasteiger partial charge in [-0.2, -0.15) is 0 Å². The van der Waals surface area contributed by atoms with Crippen LogP contribution in [0.1, 0.15) is 12.5 Å². The zero-order valence-corrected chi connectivity index (χ0v) is 15.2. The second-order valence-electron chi connectivity index (χ2n) is 5.23. The number of benzene rings is 1. The van der Waals surface area contributed by atoms with Crippen molar-refractivity contribution in [2.45, 2.75) is 18.5 Å². The van der Waals surface area contributed by atoms with E-state index >= 15 is 0 Å². The highest BCUT2D eigenvalue weighted by Crippen LogP contribution is 2.26. The molecule has 3 rings (SSSR count). The van der Waals surface area contributed by atoms with Gasteiger partial charge in [-0.15, -0.1) is 21.5 Å². The number of thiophene rings is 1. The Labute approximate surface area is 149 Å². The average molecular weight is 358 g/mol. The SMILES string of the molecule is CCc1ccc(NC(=O)CSc2nnc(-c3cccs3)n2C)cc1. The molecule has 7 heteroatoms. The molecule has 0 aliphatic heterocycles. The number of rotatable bonds is 6. The Morgan fingerprint density at radius 1 is 1.25 bits per heavy atom. The first-order chi connectivity index (χ1) is 11.7. The summed E-state index contributed by atoms with van der Waals surface area (Å²) in [5.41, 5.74) is 2.07. The molecule has 0 aliphatic carbocycles. The molecule has 1 aromatic carbocycles. The lowest BCUT2D eigenvalue weighted by Gasteiger charge is -2.06. The van der Waals surface area contributed by atoms with Crippen LogP contribution >= 0.6 is 23.1 Å². The maximum Gasteiger partial charge on any atom is 0.234 e. The molecule has 1 amide bonds. The standard InChI is InChI=1S/C17H18N4OS2/c1-3-12-6-8-13(9-7-12)18-15(22)11-24-17-20-19-16(21(17)2)14-5-4-10-23-14/h4-10H,3,11H2,1-2H3,(H,18,22). The van der Waals surface area contributed by atoms with Gasteiger partial charge in [0.15, 0.2) is 11.0 Å². The van der Waals surface area contributed by atoms with Crippen LogP contribution in [0, 0.1) is 0 Å². The minimum atomic E-state index is -0.0510. The van der Waals surface area contributed by atoms with E-state index < -0.39 is 0 Å². The molecule has 2 aromatic heterocycles. The second-order valence-corrected chi connectivity index (χ2v) is 7.12. The minimum Gasteiger partial charge on any atom is -0.325 e. The molecule has 0 fully saturated rings. The topological polar surface area (TPSA) is 59.8 Å². The molecule has 24 heavy (non-hydrogen) atoms. The third-order valence-corrected chi connectivity index (χ3v) is 5.44. The highest BCUT2D eigenvalue weighted by molar-refractivity contribution is 7.99. The van der Waals surface area contributed by atoms with Crippen LogP contribution in [0.25, 0.3) is 10.7 Å². The lowest BCUT2D eigenvalue weighted by molar-refractivity contribution is -0.113. The molecule has 0 saturated heterocycles. The number of nitrogens with zero attached hydrogens (tertiary/aromatic N) is 3. The normalized spacial score (nSPS) is 10.8. The van der Waals surface area contributed by atoms with Crippen LogP contribution in [-0.4, -0.2) is 26.4 Å². The first-order valence-corrected chi connectivity index (χ1v) is 9.48.